The standard InChI is InChI=1S/C76H136NO8P/c1-6-8-10-12-14-16-18-20-22-24-26-28-30-32-34-36-38-40-42-44-46-48-50-52-54-56-58-60-62-64-66-68-75(78)82-72-74(73-84-86(80,81)83-71-70-77(3,4)5)85-76(79)69-67-65-63-61-59-57-55-53-51-49-47-45-43-41-39-37-35-33-31-29-27-25-23-21-19-17-15-13-11-9-7-2/h9,11,15,17,21,23-24,26-27,29,33,35,39,41,45,47,74H,6-8,10,12-14,16,18-20,22,25,28,30-32,34,36-38,40,42-44,46,48-73H2,1-5H3/b11-9-,17-15-,23-21-,26-24-,29-27-,35-33-,41-39-,47-45-. The number of quaternary nitrogens is 1. The van der Waals surface area contributed by atoms with Crippen molar-refractivity contribution < 1.29 is 42.1 Å². The van der Waals surface area contributed by atoms with Gasteiger partial charge in [0, 0.05) is 12.8 Å². The lowest BCUT2D eigenvalue weighted by Crippen LogP contribution is -2.37. The molecule has 0 aliphatic rings. The maximum absolute atomic E-state index is 12.9. The van der Waals surface area contributed by atoms with E-state index < -0.39 is 26.5 Å². The molecular weight excluding hydrogens is 1090 g/mol. The van der Waals surface area contributed by atoms with Crippen LogP contribution in [0.5, 0.6) is 0 Å². The normalized spacial score (nSPS) is 13.7. The van der Waals surface area contributed by atoms with Gasteiger partial charge in [-0.25, -0.2) is 0 Å². The van der Waals surface area contributed by atoms with Gasteiger partial charge in [0.1, 0.15) is 19.8 Å². The predicted molar refractivity (Wildman–Crippen MR) is 369 cm³/mol. The van der Waals surface area contributed by atoms with Crippen LogP contribution in [0.15, 0.2) is 97.2 Å². The highest BCUT2D eigenvalue weighted by Gasteiger charge is 2.22. The van der Waals surface area contributed by atoms with Gasteiger partial charge < -0.3 is 27.9 Å². The average molecular weight is 1220 g/mol. The number of unbranched alkanes of at least 4 members (excludes halogenated alkanes) is 36. The summed E-state index contributed by atoms with van der Waals surface area (Å²) in [5, 5.41) is 0. The minimum absolute atomic E-state index is 0.0349. The number of carbonyl (C=O) groups is 2. The lowest BCUT2D eigenvalue weighted by molar-refractivity contribution is -0.870. The van der Waals surface area contributed by atoms with E-state index in [1.54, 1.807) is 0 Å². The van der Waals surface area contributed by atoms with Gasteiger partial charge in [-0.15, -0.1) is 0 Å². The summed E-state index contributed by atoms with van der Waals surface area (Å²) in [6, 6.07) is 0. The van der Waals surface area contributed by atoms with E-state index in [4.69, 9.17) is 18.5 Å². The third-order valence-corrected chi connectivity index (χ3v) is 16.6. The highest BCUT2D eigenvalue weighted by Crippen LogP contribution is 2.38. The van der Waals surface area contributed by atoms with E-state index in [9.17, 15) is 19.0 Å². The monoisotopic (exact) mass is 1220 g/mol. The Morgan fingerprint density at radius 2 is 0.663 bits per heavy atom. The minimum atomic E-state index is -4.65. The Balaban J connectivity index is 4.05. The largest absolute Gasteiger partial charge is 0.756 e. The van der Waals surface area contributed by atoms with Crippen molar-refractivity contribution in [3.63, 3.8) is 0 Å². The molecule has 2 atom stereocenters. The maximum atomic E-state index is 12.9. The molecule has 0 heterocycles. The second-order valence-electron chi connectivity index (χ2n) is 25.2. The predicted octanol–water partition coefficient (Wildman–Crippen LogP) is 22.9. The molecule has 0 saturated carbocycles. The van der Waals surface area contributed by atoms with Crippen LogP contribution in [0.4, 0.5) is 0 Å². The Morgan fingerprint density at radius 3 is 1.00 bits per heavy atom. The third-order valence-electron chi connectivity index (χ3n) is 15.6. The fraction of sp³-hybridized carbons (Fsp3) is 0.763. The lowest BCUT2D eigenvalue weighted by atomic mass is 10.0. The minimum Gasteiger partial charge on any atom is -0.756 e. The van der Waals surface area contributed by atoms with Gasteiger partial charge in [0.25, 0.3) is 7.82 Å². The Labute approximate surface area is 532 Å². The molecule has 498 valence electrons. The van der Waals surface area contributed by atoms with Gasteiger partial charge in [0.05, 0.1) is 27.7 Å². The second-order valence-corrected chi connectivity index (χ2v) is 26.6. The summed E-state index contributed by atoms with van der Waals surface area (Å²) in [4.78, 5) is 38.1. The van der Waals surface area contributed by atoms with Crippen molar-refractivity contribution in [3.05, 3.63) is 97.2 Å². The smallest absolute Gasteiger partial charge is 0.306 e. The Morgan fingerprint density at radius 1 is 0.372 bits per heavy atom. The molecule has 86 heavy (non-hydrogen) atoms. The van der Waals surface area contributed by atoms with Crippen LogP contribution in [-0.4, -0.2) is 70.0 Å². The zero-order valence-corrected chi connectivity index (χ0v) is 57.6. The first-order valence-electron chi connectivity index (χ1n) is 35.9. The van der Waals surface area contributed by atoms with Gasteiger partial charge in [0.15, 0.2) is 6.10 Å². The van der Waals surface area contributed by atoms with Crippen molar-refractivity contribution in [2.24, 2.45) is 0 Å². The molecule has 0 aromatic rings. The Kier molecular flexibility index (Phi) is 64.0. The molecule has 0 fully saturated rings. The van der Waals surface area contributed by atoms with Crippen LogP contribution in [0.1, 0.15) is 322 Å². The summed E-state index contributed by atoms with van der Waals surface area (Å²) in [6.45, 7) is 4.15. The summed E-state index contributed by atoms with van der Waals surface area (Å²) in [5.74, 6) is -0.832. The van der Waals surface area contributed by atoms with Crippen molar-refractivity contribution in [3.8, 4) is 0 Å². The molecule has 0 aromatic carbocycles. The number of likely N-dealkylation sites (N-methyl/N-ethyl adjacent to an activating group) is 1. The lowest BCUT2D eigenvalue weighted by Gasteiger charge is -2.28. The number of carbonyl (C=O) groups excluding carboxylic acids is 2. The molecular formula is C76H136NO8P. The van der Waals surface area contributed by atoms with Gasteiger partial charge in [-0.1, -0.05) is 310 Å². The van der Waals surface area contributed by atoms with Crippen LogP contribution in [0, 0.1) is 0 Å². The van der Waals surface area contributed by atoms with Crippen LogP contribution in [0.2, 0.25) is 0 Å². The number of nitrogens with zero attached hydrogens (tertiary/aromatic N) is 1. The zero-order chi connectivity index (χ0) is 62.6. The van der Waals surface area contributed by atoms with Gasteiger partial charge in [-0.3, -0.25) is 14.2 Å². The SMILES string of the molecule is CC/C=C\C/C=C\C/C=C\C/C=C\C/C=C\C/C=C\C/C=C\CCCCCCCCCCCC(=O)OC(COC(=O)CCCCCCCCCCCCCCCCCCCCC/C=C\CCCCCCCCCC)COP(=O)([O-])OCC[N+](C)(C)C. The van der Waals surface area contributed by atoms with E-state index in [1.807, 2.05) is 21.1 Å². The number of hydrogen-bond acceptors (Lipinski definition) is 8. The van der Waals surface area contributed by atoms with Crippen molar-refractivity contribution in [1.82, 2.24) is 0 Å². The number of esters is 2. The number of allylic oxidation sites excluding steroid dienone is 16. The van der Waals surface area contributed by atoms with Crippen LogP contribution in [0.25, 0.3) is 0 Å². The quantitative estimate of drug-likeness (QED) is 0.0195. The Bertz CT molecular complexity index is 1770. The van der Waals surface area contributed by atoms with Crippen LogP contribution >= 0.6 is 7.82 Å². The first kappa shape index (κ1) is 82.9. The van der Waals surface area contributed by atoms with Crippen LogP contribution in [-0.2, 0) is 32.7 Å². The first-order chi connectivity index (χ1) is 42.0. The fourth-order valence-corrected chi connectivity index (χ4v) is 10.8. The molecule has 0 saturated heterocycles. The van der Waals surface area contributed by atoms with E-state index in [1.165, 1.54) is 199 Å². The molecule has 0 bridgehead atoms. The number of phosphoric ester groups is 1. The molecule has 9 nitrogen and oxygen atoms in total. The van der Waals surface area contributed by atoms with E-state index in [-0.39, 0.29) is 32.0 Å². The summed E-state index contributed by atoms with van der Waals surface area (Å²) in [6.07, 6.45) is 92.1. The van der Waals surface area contributed by atoms with Crippen LogP contribution in [0.3, 0.4) is 0 Å². The van der Waals surface area contributed by atoms with Crippen LogP contribution < -0.4 is 4.89 Å². The average Bonchev–Trinajstić information content (AvgIpc) is 3.56. The van der Waals surface area contributed by atoms with E-state index in [2.05, 4.69) is 111 Å². The number of hydrogen-bond donors (Lipinski definition) is 0. The molecule has 10 heteroatoms. The third kappa shape index (κ3) is 70.0. The van der Waals surface area contributed by atoms with E-state index in [0.29, 0.717) is 17.4 Å². The summed E-state index contributed by atoms with van der Waals surface area (Å²) < 4.78 is 34.3. The number of ether oxygens (including phenoxy) is 2. The van der Waals surface area contributed by atoms with Gasteiger partial charge in [0.2, 0.25) is 0 Å². The molecule has 2 unspecified atom stereocenters. The zero-order valence-electron chi connectivity index (χ0n) is 56.7. The second kappa shape index (κ2) is 66.4. The molecule has 0 spiro atoms. The molecule has 0 aromatic heterocycles. The number of phosphoric acid groups is 1. The molecule has 0 amide bonds. The van der Waals surface area contributed by atoms with Crippen molar-refractivity contribution in [2.45, 2.75) is 328 Å². The summed E-state index contributed by atoms with van der Waals surface area (Å²) in [5.41, 5.74) is 0. The first-order valence-corrected chi connectivity index (χ1v) is 37.4. The Hall–Kier alpha value is -3.07. The molecule has 0 aliphatic carbocycles. The van der Waals surface area contributed by atoms with Crippen molar-refractivity contribution in [2.75, 3.05) is 47.5 Å². The topological polar surface area (TPSA) is 111 Å². The summed E-state index contributed by atoms with van der Waals surface area (Å²) in [7, 11) is 1.16. The highest BCUT2D eigenvalue weighted by molar-refractivity contribution is 7.45. The van der Waals surface area contributed by atoms with E-state index >= 15 is 0 Å². The van der Waals surface area contributed by atoms with Gasteiger partial charge >= 0.3 is 11.9 Å². The molecule has 0 N–H and O–H groups in total. The van der Waals surface area contributed by atoms with Gasteiger partial charge in [-0.2, -0.15) is 0 Å². The van der Waals surface area contributed by atoms with E-state index in [0.717, 1.165) is 89.9 Å². The molecule has 0 aliphatic heterocycles. The highest BCUT2D eigenvalue weighted by atomic mass is 31.2. The van der Waals surface area contributed by atoms with Crippen molar-refractivity contribution in [1.29, 1.82) is 0 Å². The molecule has 0 rings (SSSR count). The van der Waals surface area contributed by atoms with Gasteiger partial charge in [-0.05, 0) is 96.3 Å². The summed E-state index contributed by atoms with van der Waals surface area (Å²) >= 11 is 0. The number of rotatable bonds is 66. The maximum Gasteiger partial charge on any atom is 0.306 e. The van der Waals surface area contributed by atoms with Crippen molar-refractivity contribution >= 4 is 19.8 Å². The molecule has 0 radical (unpaired) electrons. The fourth-order valence-electron chi connectivity index (χ4n) is 10.1.